The summed E-state index contributed by atoms with van der Waals surface area (Å²) in [6.45, 7) is 5.98. The average molecular weight is 303 g/mol. The standard InChI is InChI=1S/C17H25N3O2/c1-3-22-17(21)13-7-6-10-20(11-13)16-14-8-4-5-9-15(14)18-12(2)19-16/h13H,3-11H2,1-2H3/t13-/m1/s1. The Bertz CT molecular complexity index is 559. The van der Waals surface area contributed by atoms with Crippen LogP contribution in [0.3, 0.4) is 0 Å². The van der Waals surface area contributed by atoms with E-state index in [1.807, 2.05) is 13.8 Å². The number of rotatable bonds is 3. The Morgan fingerprint density at radius 2 is 2.09 bits per heavy atom. The number of anilines is 1. The molecule has 1 aliphatic carbocycles. The monoisotopic (exact) mass is 303 g/mol. The minimum absolute atomic E-state index is 0.0248. The zero-order valence-corrected chi connectivity index (χ0v) is 13.6. The molecule has 120 valence electrons. The topological polar surface area (TPSA) is 55.3 Å². The first-order valence-corrected chi connectivity index (χ1v) is 8.47. The molecule has 0 N–H and O–H groups in total. The second-order valence-corrected chi connectivity index (χ2v) is 6.26. The summed E-state index contributed by atoms with van der Waals surface area (Å²) in [6.07, 6.45) is 6.48. The third-order valence-corrected chi connectivity index (χ3v) is 4.61. The van der Waals surface area contributed by atoms with Crippen LogP contribution >= 0.6 is 0 Å². The molecule has 1 aliphatic heterocycles. The molecule has 5 nitrogen and oxygen atoms in total. The number of aryl methyl sites for hydroxylation is 2. The van der Waals surface area contributed by atoms with Crippen LogP contribution in [-0.2, 0) is 22.4 Å². The van der Waals surface area contributed by atoms with E-state index in [4.69, 9.17) is 9.72 Å². The van der Waals surface area contributed by atoms with E-state index in [2.05, 4.69) is 9.88 Å². The molecule has 0 saturated carbocycles. The number of nitrogens with zero attached hydrogens (tertiary/aromatic N) is 3. The Morgan fingerprint density at radius 1 is 1.27 bits per heavy atom. The van der Waals surface area contributed by atoms with Gasteiger partial charge in [-0.15, -0.1) is 0 Å². The molecule has 1 saturated heterocycles. The highest BCUT2D eigenvalue weighted by Crippen LogP contribution is 2.31. The molecule has 2 aliphatic rings. The molecule has 0 spiro atoms. The van der Waals surface area contributed by atoms with Gasteiger partial charge < -0.3 is 9.64 Å². The van der Waals surface area contributed by atoms with E-state index in [1.165, 1.54) is 24.1 Å². The van der Waals surface area contributed by atoms with Gasteiger partial charge in [-0.05, 0) is 52.4 Å². The van der Waals surface area contributed by atoms with Crippen molar-refractivity contribution in [2.24, 2.45) is 5.92 Å². The first-order valence-electron chi connectivity index (χ1n) is 8.47. The molecule has 1 aromatic rings. The van der Waals surface area contributed by atoms with Crippen molar-refractivity contribution < 1.29 is 9.53 Å². The largest absolute Gasteiger partial charge is 0.466 e. The number of carbonyl (C=O) groups is 1. The van der Waals surface area contributed by atoms with Crippen molar-refractivity contribution in [2.75, 3.05) is 24.6 Å². The molecule has 0 aromatic carbocycles. The summed E-state index contributed by atoms with van der Waals surface area (Å²) in [7, 11) is 0. The minimum atomic E-state index is -0.0631. The van der Waals surface area contributed by atoms with Crippen molar-refractivity contribution in [3.05, 3.63) is 17.1 Å². The molecule has 5 heteroatoms. The van der Waals surface area contributed by atoms with E-state index in [1.54, 1.807) is 0 Å². The van der Waals surface area contributed by atoms with Gasteiger partial charge in [0, 0.05) is 24.3 Å². The molecule has 0 bridgehead atoms. The average Bonchev–Trinajstić information content (AvgIpc) is 2.54. The Morgan fingerprint density at radius 3 is 2.91 bits per heavy atom. The highest BCUT2D eigenvalue weighted by atomic mass is 16.5. The van der Waals surface area contributed by atoms with Gasteiger partial charge in [-0.25, -0.2) is 9.97 Å². The summed E-state index contributed by atoms with van der Waals surface area (Å²) in [6, 6.07) is 0. The van der Waals surface area contributed by atoms with Crippen LogP contribution < -0.4 is 4.90 Å². The number of esters is 1. The zero-order valence-electron chi connectivity index (χ0n) is 13.6. The predicted octanol–water partition coefficient (Wildman–Crippen LogP) is 2.44. The lowest BCUT2D eigenvalue weighted by Gasteiger charge is -2.34. The summed E-state index contributed by atoms with van der Waals surface area (Å²) in [5.41, 5.74) is 2.52. The van der Waals surface area contributed by atoms with Crippen LogP contribution in [0.5, 0.6) is 0 Å². The van der Waals surface area contributed by atoms with E-state index in [9.17, 15) is 4.79 Å². The molecule has 1 fully saturated rings. The number of ether oxygens (including phenoxy) is 1. The molecular formula is C17H25N3O2. The lowest BCUT2D eigenvalue weighted by Crippen LogP contribution is -2.40. The van der Waals surface area contributed by atoms with Crippen molar-refractivity contribution in [3.8, 4) is 0 Å². The number of fused-ring (bicyclic) bond motifs is 1. The van der Waals surface area contributed by atoms with Crippen molar-refractivity contribution in [1.29, 1.82) is 0 Å². The first kappa shape index (κ1) is 15.3. The first-order chi connectivity index (χ1) is 10.7. The highest BCUT2D eigenvalue weighted by Gasteiger charge is 2.30. The van der Waals surface area contributed by atoms with Gasteiger partial charge in [0.05, 0.1) is 12.5 Å². The summed E-state index contributed by atoms with van der Waals surface area (Å²) in [4.78, 5) is 23.7. The third kappa shape index (κ3) is 3.08. The van der Waals surface area contributed by atoms with Crippen LogP contribution in [0.15, 0.2) is 0 Å². The van der Waals surface area contributed by atoms with Gasteiger partial charge in [-0.3, -0.25) is 4.79 Å². The van der Waals surface area contributed by atoms with Crippen LogP contribution in [0.4, 0.5) is 5.82 Å². The van der Waals surface area contributed by atoms with Crippen LogP contribution in [0.25, 0.3) is 0 Å². The fourth-order valence-electron chi connectivity index (χ4n) is 3.58. The van der Waals surface area contributed by atoms with E-state index in [0.717, 1.165) is 50.4 Å². The second kappa shape index (κ2) is 6.63. The van der Waals surface area contributed by atoms with Gasteiger partial charge >= 0.3 is 5.97 Å². The molecule has 0 radical (unpaired) electrons. The molecule has 1 aromatic heterocycles. The SMILES string of the molecule is CCOC(=O)[C@@H]1CCCN(c2nc(C)nc3c2CCCC3)C1. The summed E-state index contributed by atoms with van der Waals surface area (Å²) in [5, 5.41) is 0. The van der Waals surface area contributed by atoms with Gasteiger partial charge in [-0.1, -0.05) is 0 Å². The summed E-state index contributed by atoms with van der Waals surface area (Å²) in [5.74, 6) is 1.82. The number of carbonyl (C=O) groups excluding carboxylic acids is 1. The fraction of sp³-hybridized carbons (Fsp3) is 0.706. The minimum Gasteiger partial charge on any atom is -0.466 e. The van der Waals surface area contributed by atoms with Crippen molar-refractivity contribution in [2.45, 2.75) is 52.4 Å². The van der Waals surface area contributed by atoms with Crippen LogP contribution in [0, 0.1) is 12.8 Å². The second-order valence-electron chi connectivity index (χ2n) is 6.26. The number of hydrogen-bond donors (Lipinski definition) is 0. The fourth-order valence-corrected chi connectivity index (χ4v) is 3.58. The Hall–Kier alpha value is -1.65. The number of piperidine rings is 1. The van der Waals surface area contributed by atoms with E-state index in [0.29, 0.717) is 6.61 Å². The maximum Gasteiger partial charge on any atom is 0.310 e. The Balaban J connectivity index is 1.84. The van der Waals surface area contributed by atoms with E-state index >= 15 is 0 Å². The van der Waals surface area contributed by atoms with Crippen LogP contribution in [-0.4, -0.2) is 35.6 Å². The van der Waals surface area contributed by atoms with Crippen molar-refractivity contribution in [3.63, 3.8) is 0 Å². The van der Waals surface area contributed by atoms with Gasteiger partial charge in [0.25, 0.3) is 0 Å². The molecule has 0 amide bonds. The van der Waals surface area contributed by atoms with Gasteiger partial charge in [0.15, 0.2) is 0 Å². The maximum absolute atomic E-state index is 12.0. The van der Waals surface area contributed by atoms with Crippen molar-refractivity contribution >= 4 is 11.8 Å². The van der Waals surface area contributed by atoms with Gasteiger partial charge in [0.2, 0.25) is 0 Å². The molecule has 3 rings (SSSR count). The summed E-state index contributed by atoms with van der Waals surface area (Å²) < 4.78 is 5.20. The lowest BCUT2D eigenvalue weighted by molar-refractivity contribution is -0.148. The summed E-state index contributed by atoms with van der Waals surface area (Å²) >= 11 is 0. The Labute approximate surface area is 132 Å². The normalized spacial score (nSPS) is 21.4. The third-order valence-electron chi connectivity index (χ3n) is 4.61. The predicted molar refractivity (Wildman–Crippen MR) is 85.0 cm³/mol. The van der Waals surface area contributed by atoms with E-state index in [-0.39, 0.29) is 11.9 Å². The zero-order chi connectivity index (χ0) is 15.5. The highest BCUT2D eigenvalue weighted by molar-refractivity contribution is 5.73. The Kier molecular flexibility index (Phi) is 4.60. The molecule has 2 heterocycles. The maximum atomic E-state index is 12.0. The molecule has 0 unspecified atom stereocenters. The number of aromatic nitrogens is 2. The molecule has 22 heavy (non-hydrogen) atoms. The van der Waals surface area contributed by atoms with Gasteiger partial charge in [0.1, 0.15) is 11.6 Å². The molecule has 1 atom stereocenters. The van der Waals surface area contributed by atoms with Crippen LogP contribution in [0.2, 0.25) is 0 Å². The van der Waals surface area contributed by atoms with E-state index < -0.39 is 0 Å². The lowest BCUT2D eigenvalue weighted by atomic mass is 9.94. The molecular weight excluding hydrogens is 278 g/mol. The smallest absolute Gasteiger partial charge is 0.310 e. The van der Waals surface area contributed by atoms with Crippen molar-refractivity contribution in [1.82, 2.24) is 9.97 Å². The van der Waals surface area contributed by atoms with Crippen LogP contribution in [0.1, 0.15) is 49.7 Å². The van der Waals surface area contributed by atoms with Gasteiger partial charge in [-0.2, -0.15) is 0 Å². The quantitative estimate of drug-likeness (QED) is 0.803. The number of hydrogen-bond acceptors (Lipinski definition) is 5.